The van der Waals surface area contributed by atoms with Crippen molar-refractivity contribution < 1.29 is 0 Å². The maximum absolute atomic E-state index is 6.59. The predicted octanol–water partition coefficient (Wildman–Crippen LogP) is 5.35. The summed E-state index contributed by atoms with van der Waals surface area (Å²) in [7, 11) is 4.65. The highest BCUT2D eigenvalue weighted by atomic mass is 15.2. The molecule has 4 aliphatic rings. The molecule has 0 saturated heterocycles. The second kappa shape index (κ2) is 7.04. The molecule has 35 heavy (non-hydrogen) atoms. The predicted molar refractivity (Wildman–Crippen MR) is 147 cm³/mol. The van der Waals surface area contributed by atoms with Gasteiger partial charge in [-0.3, -0.25) is 9.80 Å². The standard InChI is InChI=1S/C31H44N4/c1-28(2)30(4)16-22(11-20-13-23(32)14-21(26(20)30)17-34(28)6)31(5)25-15-24(33)12-19-9-8-10-29(3,27(19)25)18-35(31)7/h12-15,22H,8-11,16-18,32-33H2,1-7H3. The van der Waals surface area contributed by atoms with Gasteiger partial charge in [0.2, 0.25) is 0 Å². The molecule has 6 rings (SSSR count). The van der Waals surface area contributed by atoms with Crippen LogP contribution in [-0.2, 0) is 35.8 Å². The summed E-state index contributed by atoms with van der Waals surface area (Å²) in [5.41, 5.74) is 24.2. The van der Waals surface area contributed by atoms with Gasteiger partial charge in [0.1, 0.15) is 0 Å². The molecule has 188 valence electrons. The number of likely N-dealkylation sites (N-methyl/N-ethyl adjacent to an activating group) is 2. The third kappa shape index (κ3) is 2.87. The lowest BCUT2D eigenvalue weighted by molar-refractivity contribution is -0.0270. The first-order chi connectivity index (χ1) is 16.3. The summed E-state index contributed by atoms with van der Waals surface area (Å²) in [5.74, 6) is 0.475. The monoisotopic (exact) mass is 472 g/mol. The summed E-state index contributed by atoms with van der Waals surface area (Å²) >= 11 is 0. The van der Waals surface area contributed by atoms with Crippen LogP contribution in [0, 0.1) is 5.92 Å². The molecule has 2 aromatic carbocycles. The first kappa shape index (κ1) is 23.4. The van der Waals surface area contributed by atoms with Crippen LogP contribution in [0.3, 0.4) is 0 Å². The van der Waals surface area contributed by atoms with Gasteiger partial charge < -0.3 is 11.5 Å². The molecule has 0 spiro atoms. The summed E-state index contributed by atoms with van der Waals surface area (Å²) in [5, 5.41) is 0. The van der Waals surface area contributed by atoms with Gasteiger partial charge in [-0.2, -0.15) is 0 Å². The van der Waals surface area contributed by atoms with E-state index >= 15 is 0 Å². The Morgan fingerprint density at radius 3 is 2.23 bits per heavy atom. The molecule has 4 atom stereocenters. The highest BCUT2D eigenvalue weighted by Gasteiger charge is 2.58. The Balaban J connectivity index is 1.57. The molecular weight excluding hydrogens is 428 g/mol. The van der Waals surface area contributed by atoms with Crippen molar-refractivity contribution in [3.8, 4) is 0 Å². The van der Waals surface area contributed by atoms with E-state index in [0.717, 1.165) is 43.7 Å². The summed E-state index contributed by atoms with van der Waals surface area (Å²) in [6, 6.07) is 9.12. The second-order valence-electron chi connectivity index (χ2n) is 13.6. The molecule has 2 aromatic rings. The van der Waals surface area contributed by atoms with Crippen molar-refractivity contribution >= 4 is 11.4 Å². The van der Waals surface area contributed by atoms with Gasteiger partial charge in [-0.05, 0) is 131 Å². The Bertz CT molecular complexity index is 1230. The Kier molecular flexibility index (Phi) is 4.70. The van der Waals surface area contributed by atoms with Crippen LogP contribution in [0.1, 0.15) is 87.3 Å². The highest BCUT2D eigenvalue weighted by molar-refractivity contribution is 5.59. The van der Waals surface area contributed by atoms with Gasteiger partial charge in [-0.1, -0.05) is 13.8 Å². The zero-order chi connectivity index (χ0) is 25.1. The van der Waals surface area contributed by atoms with Gasteiger partial charge in [0.25, 0.3) is 0 Å². The third-order valence-corrected chi connectivity index (χ3v) is 11.4. The van der Waals surface area contributed by atoms with Crippen molar-refractivity contribution in [3.63, 3.8) is 0 Å². The molecule has 2 heterocycles. The number of nitrogens with two attached hydrogens (primary N) is 2. The number of aryl methyl sites for hydroxylation is 1. The van der Waals surface area contributed by atoms with Crippen molar-refractivity contribution in [2.75, 3.05) is 32.1 Å². The highest BCUT2D eigenvalue weighted by Crippen LogP contribution is 2.59. The van der Waals surface area contributed by atoms with E-state index in [4.69, 9.17) is 11.5 Å². The molecule has 0 aromatic heterocycles. The van der Waals surface area contributed by atoms with E-state index in [1.165, 1.54) is 35.1 Å². The van der Waals surface area contributed by atoms with Crippen LogP contribution in [-0.4, -0.2) is 36.0 Å². The van der Waals surface area contributed by atoms with E-state index < -0.39 is 0 Å². The minimum Gasteiger partial charge on any atom is -0.399 e. The minimum atomic E-state index is -0.0755. The fourth-order valence-corrected chi connectivity index (χ4v) is 8.96. The SMILES string of the molecule is CN1CC2(C)CCCc3cc(N)cc(c32)C1(C)C1Cc2cc(N)cc3c2C(C)(C1)C(C)(C)N(C)C3. The first-order valence-corrected chi connectivity index (χ1v) is 13.6. The number of benzene rings is 2. The minimum absolute atomic E-state index is 0.0479. The van der Waals surface area contributed by atoms with Crippen LogP contribution in [0.15, 0.2) is 24.3 Å². The molecule has 4 unspecified atom stereocenters. The summed E-state index contributed by atoms with van der Waals surface area (Å²) in [4.78, 5) is 5.24. The Morgan fingerprint density at radius 2 is 1.49 bits per heavy atom. The quantitative estimate of drug-likeness (QED) is 0.549. The van der Waals surface area contributed by atoms with E-state index in [0.29, 0.717) is 5.92 Å². The number of hydrogen-bond donors (Lipinski definition) is 2. The molecule has 0 bridgehead atoms. The van der Waals surface area contributed by atoms with Gasteiger partial charge in [-0.25, -0.2) is 0 Å². The second-order valence-corrected chi connectivity index (χ2v) is 13.6. The van der Waals surface area contributed by atoms with Crippen molar-refractivity contribution in [1.29, 1.82) is 0 Å². The summed E-state index contributed by atoms with van der Waals surface area (Å²) in [6.45, 7) is 14.5. The maximum Gasteiger partial charge on any atom is 0.0465 e. The molecular formula is C31H44N4. The van der Waals surface area contributed by atoms with Crippen LogP contribution >= 0.6 is 0 Å². The molecule has 2 aliphatic heterocycles. The van der Waals surface area contributed by atoms with Gasteiger partial charge >= 0.3 is 0 Å². The molecule has 4 N–H and O–H groups in total. The third-order valence-electron chi connectivity index (χ3n) is 11.4. The topological polar surface area (TPSA) is 58.5 Å². The van der Waals surface area contributed by atoms with Gasteiger partial charge in [0, 0.05) is 46.4 Å². The van der Waals surface area contributed by atoms with E-state index in [1.54, 1.807) is 11.1 Å². The average Bonchev–Trinajstić information content (AvgIpc) is 2.75. The van der Waals surface area contributed by atoms with Crippen molar-refractivity contribution in [1.82, 2.24) is 9.80 Å². The fraction of sp³-hybridized carbons (Fsp3) is 0.613. The van der Waals surface area contributed by atoms with Crippen LogP contribution in [0.4, 0.5) is 11.4 Å². The maximum atomic E-state index is 6.59. The van der Waals surface area contributed by atoms with Crippen molar-refractivity contribution in [2.24, 2.45) is 5.92 Å². The Hall–Kier alpha value is -2.04. The number of nitrogens with zero attached hydrogens (tertiary/aromatic N) is 2. The molecule has 2 aliphatic carbocycles. The lowest BCUT2D eigenvalue weighted by Gasteiger charge is -2.62. The normalized spacial score (nSPS) is 35.9. The number of rotatable bonds is 1. The molecule has 0 fully saturated rings. The lowest BCUT2D eigenvalue weighted by atomic mass is 9.51. The molecule has 0 amide bonds. The Morgan fingerprint density at radius 1 is 0.829 bits per heavy atom. The average molecular weight is 473 g/mol. The number of anilines is 2. The van der Waals surface area contributed by atoms with Crippen LogP contribution in [0.25, 0.3) is 0 Å². The Labute approximate surface area is 212 Å². The zero-order valence-corrected chi connectivity index (χ0v) is 22.9. The van der Waals surface area contributed by atoms with Crippen molar-refractivity contribution in [3.05, 3.63) is 57.6 Å². The molecule has 0 radical (unpaired) electrons. The van der Waals surface area contributed by atoms with Gasteiger partial charge in [0.05, 0.1) is 0 Å². The fourth-order valence-electron chi connectivity index (χ4n) is 8.96. The summed E-state index contributed by atoms with van der Waals surface area (Å²) < 4.78 is 0. The van der Waals surface area contributed by atoms with Crippen LogP contribution in [0.5, 0.6) is 0 Å². The summed E-state index contributed by atoms with van der Waals surface area (Å²) in [6.07, 6.45) is 5.92. The van der Waals surface area contributed by atoms with Crippen LogP contribution in [0.2, 0.25) is 0 Å². The largest absolute Gasteiger partial charge is 0.399 e. The van der Waals surface area contributed by atoms with E-state index in [9.17, 15) is 0 Å². The van der Waals surface area contributed by atoms with E-state index in [1.807, 2.05) is 0 Å². The van der Waals surface area contributed by atoms with E-state index in [2.05, 4.69) is 82.8 Å². The number of hydrogen-bond acceptors (Lipinski definition) is 4. The van der Waals surface area contributed by atoms with Gasteiger partial charge in [0.15, 0.2) is 0 Å². The molecule has 0 saturated carbocycles. The van der Waals surface area contributed by atoms with Gasteiger partial charge in [-0.15, -0.1) is 0 Å². The molecule has 4 nitrogen and oxygen atoms in total. The zero-order valence-electron chi connectivity index (χ0n) is 22.9. The smallest absolute Gasteiger partial charge is 0.0465 e. The number of nitrogen functional groups attached to an aromatic ring is 2. The van der Waals surface area contributed by atoms with Crippen molar-refractivity contribution in [2.45, 2.75) is 95.2 Å². The first-order valence-electron chi connectivity index (χ1n) is 13.6. The van der Waals surface area contributed by atoms with E-state index in [-0.39, 0.29) is 21.9 Å². The van der Waals surface area contributed by atoms with Crippen LogP contribution < -0.4 is 11.5 Å². The lowest BCUT2D eigenvalue weighted by Crippen LogP contribution is -2.64. The molecule has 4 heteroatoms.